The van der Waals surface area contributed by atoms with Crippen molar-refractivity contribution >= 4 is 17.4 Å². The molecule has 0 fully saturated rings. The molecule has 0 bridgehead atoms. The normalized spacial score (nSPS) is 11.5. The molecular weight excluding hydrogens is 353 g/mol. The Morgan fingerprint density at radius 2 is 1.92 bits per heavy atom. The van der Waals surface area contributed by atoms with Crippen molar-refractivity contribution < 1.29 is 4.39 Å². The lowest BCUT2D eigenvalue weighted by Gasteiger charge is -2.14. The number of imidazole rings is 1. The first kappa shape index (κ1) is 16.6. The Kier molecular flexibility index (Phi) is 4.37. The fourth-order valence-corrected chi connectivity index (χ4v) is 3.44. The van der Waals surface area contributed by atoms with Gasteiger partial charge in [0.1, 0.15) is 10.8 Å². The number of benzene rings is 1. The predicted molar refractivity (Wildman–Crippen MR) is 95.2 cm³/mol. The molecular formula is C17H16FN7S. The maximum Gasteiger partial charge on any atom is 0.200 e. The number of fused-ring (bicyclic) bond motifs is 1. The van der Waals surface area contributed by atoms with Gasteiger partial charge in [-0.15, -0.1) is 14.8 Å². The van der Waals surface area contributed by atoms with Crippen LogP contribution >= 0.6 is 11.8 Å². The highest BCUT2D eigenvalue weighted by Crippen LogP contribution is 2.30. The second-order valence-corrected chi connectivity index (χ2v) is 7.23. The molecule has 3 heterocycles. The molecule has 9 heteroatoms. The Bertz CT molecular complexity index is 1040. The molecule has 26 heavy (non-hydrogen) atoms. The zero-order valence-electron chi connectivity index (χ0n) is 14.2. The van der Waals surface area contributed by atoms with Crippen molar-refractivity contribution in [1.29, 1.82) is 0 Å². The van der Waals surface area contributed by atoms with E-state index in [0.29, 0.717) is 11.6 Å². The highest BCUT2D eigenvalue weighted by Gasteiger charge is 2.15. The van der Waals surface area contributed by atoms with Crippen LogP contribution in [0, 0.1) is 11.7 Å². The molecule has 0 amide bonds. The Labute approximate surface area is 153 Å². The zero-order valence-corrected chi connectivity index (χ0v) is 15.1. The molecule has 3 aromatic heterocycles. The van der Waals surface area contributed by atoms with E-state index in [1.165, 1.54) is 28.5 Å². The highest BCUT2D eigenvalue weighted by atomic mass is 32.2. The van der Waals surface area contributed by atoms with Crippen LogP contribution in [0.25, 0.3) is 16.9 Å². The van der Waals surface area contributed by atoms with Gasteiger partial charge in [0.25, 0.3) is 0 Å². The average molecular weight is 369 g/mol. The summed E-state index contributed by atoms with van der Waals surface area (Å²) < 4.78 is 16.8. The van der Waals surface area contributed by atoms with Crippen LogP contribution in [-0.4, -0.2) is 34.8 Å². The fourth-order valence-electron chi connectivity index (χ4n) is 2.61. The molecule has 0 N–H and O–H groups in total. The van der Waals surface area contributed by atoms with Crippen molar-refractivity contribution in [3.63, 3.8) is 0 Å². The second kappa shape index (κ2) is 6.83. The number of hydrogen-bond acceptors (Lipinski definition) is 6. The van der Waals surface area contributed by atoms with Crippen LogP contribution in [-0.2, 0) is 6.54 Å². The van der Waals surface area contributed by atoms with Crippen molar-refractivity contribution in [1.82, 2.24) is 34.8 Å². The number of nitrogens with zero attached hydrogens (tertiary/aromatic N) is 7. The summed E-state index contributed by atoms with van der Waals surface area (Å²) in [5.74, 6) is 0.176. The van der Waals surface area contributed by atoms with Crippen LogP contribution in [0.1, 0.15) is 13.8 Å². The lowest BCUT2D eigenvalue weighted by Crippen LogP contribution is -2.07. The lowest BCUT2D eigenvalue weighted by molar-refractivity contribution is 0.497. The van der Waals surface area contributed by atoms with Crippen molar-refractivity contribution in [3.05, 3.63) is 48.4 Å². The molecule has 4 aromatic rings. The van der Waals surface area contributed by atoms with Gasteiger partial charge < -0.3 is 4.57 Å². The van der Waals surface area contributed by atoms with Gasteiger partial charge in [-0.25, -0.2) is 9.37 Å². The van der Waals surface area contributed by atoms with Crippen molar-refractivity contribution in [2.45, 2.75) is 30.6 Å². The molecule has 7 nitrogen and oxygen atoms in total. The summed E-state index contributed by atoms with van der Waals surface area (Å²) in [5, 5.41) is 17.2. The monoisotopic (exact) mass is 369 g/mol. The van der Waals surface area contributed by atoms with E-state index in [4.69, 9.17) is 0 Å². The Hall–Kier alpha value is -2.81. The molecule has 0 radical (unpaired) electrons. The van der Waals surface area contributed by atoms with Crippen LogP contribution in [0.15, 0.2) is 52.8 Å². The minimum atomic E-state index is -0.253. The maximum absolute atomic E-state index is 13.3. The van der Waals surface area contributed by atoms with E-state index in [1.54, 1.807) is 12.1 Å². The largest absolute Gasteiger partial charge is 0.318 e. The molecule has 4 rings (SSSR count). The Morgan fingerprint density at radius 1 is 1.12 bits per heavy atom. The molecule has 0 aliphatic heterocycles. The van der Waals surface area contributed by atoms with Gasteiger partial charge in [0.05, 0.1) is 11.9 Å². The van der Waals surface area contributed by atoms with Crippen LogP contribution < -0.4 is 0 Å². The zero-order chi connectivity index (χ0) is 18.1. The van der Waals surface area contributed by atoms with Crippen LogP contribution in [0.3, 0.4) is 0 Å². The van der Waals surface area contributed by atoms with Gasteiger partial charge in [-0.2, -0.15) is 0 Å². The number of hydrogen-bond donors (Lipinski definition) is 0. The molecule has 0 saturated heterocycles. The molecule has 0 aliphatic rings. The van der Waals surface area contributed by atoms with E-state index < -0.39 is 0 Å². The van der Waals surface area contributed by atoms with Crippen LogP contribution in [0.4, 0.5) is 4.39 Å². The number of halogens is 1. The van der Waals surface area contributed by atoms with Gasteiger partial charge in [-0.3, -0.25) is 0 Å². The van der Waals surface area contributed by atoms with E-state index in [2.05, 4.69) is 44.0 Å². The van der Waals surface area contributed by atoms with E-state index in [1.807, 2.05) is 18.3 Å². The van der Waals surface area contributed by atoms with E-state index in [9.17, 15) is 4.39 Å². The maximum atomic E-state index is 13.3. The Morgan fingerprint density at radius 3 is 2.69 bits per heavy atom. The molecule has 0 spiro atoms. The molecule has 132 valence electrons. The second-order valence-electron chi connectivity index (χ2n) is 6.24. The van der Waals surface area contributed by atoms with Gasteiger partial charge in [-0.1, -0.05) is 13.8 Å². The van der Waals surface area contributed by atoms with E-state index >= 15 is 0 Å². The number of rotatable bonds is 5. The van der Waals surface area contributed by atoms with Crippen molar-refractivity contribution in [2.75, 3.05) is 0 Å². The Balaban J connectivity index is 1.71. The van der Waals surface area contributed by atoms with Crippen LogP contribution in [0.2, 0.25) is 0 Å². The highest BCUT2D eigenvalue weighted by molar-refractivity contribution is 7.99. The van der Waals surface area contributed by atoms with Crippen molar-refractivity contribution in [3.8, 4) is 11.3 Å². The fraction of sp³-hybridized carbons (Fsp3) is 0.235. The molecule has 0 atom stereocenters. The molecule has 0 aliphatic carbocycles. The summed E-state index contributed by atoms with van der Waals surface area (Å²) in [6, 6.07) is 10.1. The molecule has 0 saturated carbocycles. The molecule has 1 aromatic carbocycles. The summed E-state index contributed by atoms with van der Waals surface area (Å²) in [6.45, 7) is 5.09. The first-order chi connectivity index (χ1) is 12.6. The lowest BCUT2D eigenvalue weighted by atomic mass is 10.1. The summed E-state index contributed by atoms with van der Waals surface area (Å²) in [4.78, 5) is 4.56. The van der Waals surface area contributed by atoms with Crippen molar-refractivity contribution in [2.24, 2.45) is 5.92 Å². The first-order valence-corrected chi connectivity index (χ1v) is 8.96. The third kappa shape index (κ3) is 3.30. The van der Waals surface area contributed by atoms with Gasteiger partial charge >= 0.3 is 0 Å². The quantitative estimate of drug-likeness (QED) is 0.537. The summed E-state index contributed by atoms with van der Waals surface area (Å²) >= 11 is 1.44. The third-order valence-electron chi connectivity index (χ3n) is 3.75. The van der Waals surface area contributed by atoms with Gasteiger partial charge in [-0.05, 0) is 70.1 Å². The average Bonchev–Trinajstić information content (AvgIpc) is 3.23. The summed E-state index contributed by atoms with van der Waals surface area (Å²) in [7, 11) is 0. The number of aromatic nitrogens is 7. The SMILES string of the molecule is CC(C)Cn1c(-c2ccc(F)cc2)cnc1Sc1ccc2nnnn2n1. The molecule has 0 unspecified atom stereocenters. The smallest absolute Gasteiger partial charge is 0.200 e. The summed E-state index contributed by atoms with van der Waals surface area (Å²) in [6.07, 6.45) is 1.81. The summed E-state index contributed by atoms with van der Waals surface area (Å²) in [5.41, 5.74) is 2.46. The standard InChI is InChI=1S/C17H16FN7S/c1-11(2)10-24-14(12-3-5-13(18)6-4-12)9-19-17(24)26-16-8-7-15-20-22-23-25(15)21-16/h3-9,11H,10H2,1-2H3. The van der Waals surface area contributed by atoms with E-state index in [-0.39, 0.29) is 5.82 Å². The minimum absolute atomic E-state index is 0.253. The third-order valence-corrected chi connectivity index (χ3v) is 4.68. The van der Waals surface area contributed by atoms with Gasteiger partial charge in [0.15, 0.2) is 10.8 Å². The van der Waals surface area contributed by atoms with Crippen LogP contribution in [0.5, 0.6) is 0 Å². The van der Waals surface area contributed by atoms with Gasteiger partial charge in [0.2, 0.25) is 0 Å². The minimum Gasteiger partial charge on any atom is -0.318 e. The van der Waals surface area contributed by atoms with E-state index in [0.717, 1.165) is 28.0 Å². The number of tetrazole rings is 1. The first-order valence-electron chi connectivity index (χ1n) is 8.15. The topological polar surface area (TPSA) is 73.8 Å². The predicted octanol–water partition coefficient (Wildman–Crippen LogP) is 3.33. The van der Waals surface area contributed by atoms with Gasteiger partial charge in [0, 0.05) is 6.54 Å².